The van der Waals surface area contributed by atoms with Gasteiger partial charge >= 0.3 is 0 Å². The van der Waals surface area contributed by atoms with Crippen molar-refractivity contribution in [2.75, 3.05) is 13.7 Å². The Balaban J connectivity index is 1.41. The lowest BCUT2D eigenvalue weighted by Gasteiger charge is -2.28. The van der Waals surface area contributed by atoms with E-state index in [0.717, 1.165) is 18.6 Å². The molecule has 1 saturated heterocycles. The van der Waals surface area contributed by atoms with Crippen LogP contribution in [0.2, 0.25) is 0 Å². The lowest BCUT2D eigenvalue weighted by atomic mass is 9.99. The van der Waals surface area contributed by atoms with Crippen LogP contribution in [-0.2, 0) is 16.1 Å². The van der Waals surface area contributed by atoms with Crippen molar-refractivity contribution < 1.29 is 19.0 Å². The van der Waals surface area contributed by atoms with Crippen LogP contribution in [0, 0.1) is 0 Å². The predicted molar refractivity (Wildman–Crippen MR) is 95.9 cm³/mol. The zero-order valence-electron chi connectivity index (χ0n) is 14.5. The van der Waals surface area contributed by atoms with Crippen molar-refractivity contribution in [3.8, 4) is 5.75 Å². The molecule has 0 aliphatic carbocycles. The standard InChI is InChI=1S/C21H24O4/c1-23-18-9-7-17(8-10-18)21(22)13-19-11-12-20(15-25-19)24-14-16-5-3-2-4-6-16/h2-10,19-20H,11-15H2,1H3/t19-,20+/m1/s1. The summed E-state index contributed by atoms with van der Waals surface area (Å²) in [5.41, 5.74) is 1.87. The summed E-state index contributed by atoms with van der Waals surface area (Å²) < 4.78 is 16.9. The summed E-state index contributed by atoms with van der Waals surface area (Å²) in [6, 6.07) is 17.3. The van der Waals surface area contributed by atoms with Gasteiger partial charge in [0.25, 0.3) is 0 Å². The Labute approximate surface area is 148 Å². The number of carbonyl (C=O) groups is 1. The van der Waals surface area contributed by atoms with Gasteiger partial charge in [-0.05, 0) is 42.7 Å². The molecule has 3 rings (SSSR count). The first-order valence-corrected chi connectivity index (χ1v) is 8.69. The van der Waals surface area contributed by atoms with Gasteiger partial charge in [0.2, 0.25) is 0 Å². The van der Waals surface area contributed by atoms with Crippen LogP contribution in [0.1, 0.15) is 35.2 Å². The quantitative estimate of drug-likeness (QED) is 0.714. The summed E-state index contributed by atoms with van der Waals surface area (Å²) in [5, 5.41) is 0. The van der Waals surface area contributed by atoms with Crippen LogP contribution in [-0.4, -0.2) is 31.7 Å². The van der Waals surface area contributed by atoms with E-state index in [1.54, 1.807) is 19.2 Å². The molecule has 2 aromatic rings. The van der Waals surface area contributed by atoms with Crippen molar-refractivity contribution >= 4 is 5.78 Å². The first kappa shape index (κ1) is 17.6. The van der Waals surface area contributed by atoms with Gasteiger partial charge in [-0.15, -0.1) is 0 Å². The van der Waals surface area contributed by atoms with Gasteiger partial charge in [-0.3, -0.25) is 4.79 Å². The van der Waals surface area contributed by atoms with E-state index in [2.05, 4.69) is 12.1 Å². The van der Waals surface area contributed by atoms with Crippen LogP contribution >= 0.6 is 0 Å². The molecule has 2 aromatic carbocycles. The summed E-state index contributed by atoms with van der Waals surface area (Å²) in [6.07, 6.45) is 2.27. The van der Waals surface area contributed by atoms with E-state index in [1.165, 1.54) is 5.56 Å². The second-order valence-corrected chi connectivity index (χ2v) is 6.31. The molecule has 0 bridgehead atoms. The molecule has 0 aromatic heterocycles. The van der Waals surface area contributed by atoms with Crippen molar-refractivity contribution in [1.29, 1.82) is 0 Å². The smallest absolute Gasteiger partial charge is 0.165 e. The Kier molecular flexibility index (Phi) is 6.20. The molecular weight excluding hydrogens is 316 g/mol. The highest BCUT2D eigenvalue weighted by Crippen LogP contribution is 2.22. The molecule has 4 nitrogen and oxygen atoms in total. The third kappa shape index (κ3) is 5.15. The predicted octanol–water partition coefficient (Wildman–Crippen LogP) is 4.03. The Morgan fingerprint density at radius 2 is 1.84 bits per heavy atom. The SMILES string of the molecule is COc1ccc(C(=O)C[C@H]2CC[C@H](OCc3ccccc3)CO2)cc1. The number of hydrogen-bond acceptors (Lipinski definition) is 4. The molecule has 2 atom stereocenters. The van der Waals surface area contributed by atoms with Crippen molar-refractivity contribution in [3.05, 3.63) is 65.7 Å². The third-order valence-electron chi connectivity index (χ3n) is 4.48. The summed E-state index contributed by atoms with van der Waals surface area (Å²) in [5.74, 6) is 0.861. The van der Waals surface area contributed by atoms with Gasteiger partial charge in [-0.25, -0.2) is 0 Å². The maximum atomic E-state index is 12.4. The average Bonchev–Trinajstić information content (AvgIpc) is 2.68. The Morgan fingerprint density at radius 1 is 1.08 bits per heavy atom. The van der Waals surface area contributed by atoms with Gasteiger partial charge in [-0.1, -0.05) is 30.3 Å². The number of Topliss-reactive ketones (excluding diaryl/α,β-unsaturated/α-hetero) is 1. The number of methoxy groups -OCH3 is 1. The maximum Gasteiger partial charge on any atom is 0.165 e. The van der Waals surface area contributed by atoms with Gasteiger partial charge < -0.3 is 14.2 Å². The molecule has 1 aliphatic heterocycles. The molecular formula is C21H24O4. The fourth-order valence-electron chi connectivity index (χ4n) is 2.96. The number of benzene rings is 2. The lowest BCUT2D eigenvalue weighted by molar-refractivity contribution is -0.0897. The largest absolute Gasteiger partial charge is 0.497 e. The van der Waals surface area contributed by atoms with Crippen LogP contribution in [0.15, 0.2) is 54.6 Å². The average molecular weight is 340 g/mol. The summed E-state index contributed by atoms with van der Waals surface area (Å²) in [6.45, 7) is 1.15. The van der Waals surface area contributed by atoms with Crippen molar-refractivity contribution in [1.82, 2.24) is 0 Å². The van der Waals surface area contributed by atoms with E-state index in [4.69, 9.17) is 14.2 Å². The topological polar surface area (TPSA) is 44.8 Å². The van der Waals surface area contributed by atoms with Crippen molar-refractivity contribution in [2.24, 2.45) is 0 Å². The lowest BCUT2D eigenvalue weighted by Crippen LogP contribution is -2.32. The first-order valence-electron chi connectivity index (χ1n) is 8.69. The Hall–Kier alpha value is -2.17. The molecule has 1 fully saturated rings. The molecule has 0 amide bonds. The molecule has 1 heterocycles. The van der Waals surface area contributed by atoms with Crippen molar-refractivity contribution in [2.45, 2.75) is 38.1 Å². The van der Waals surface area contributed by atoms with Gasteiger partial charge in [0, 0.05) is 12.0 Å². The molecule has 0 saturated carbocycles. The molecule has 0 N–H and O–H groups in total. The summed E-state index contributed by atoms with van der Waals surface area (Å²) in [7, 11) is 1.61. The van der Waals surface area contributed by atoms with E-state index >= 15 is 0 Å². The molecule has 0 spiro atoms. The number of ether oxygens (including phenoxy) is 3. The fraction of sp³-hybridized carbons (Fsp3) is 0.381. The minimum Gasteiger partial charge on any atom is -0.497 e. The minimum absolute atomic E-state index is 0.0221. The second kappa shape index (κ2) is 8.79. The summed E-state index contributed by atoms with van der Waals surface area (Å²) in [4.78, 5) is 12.4. The van der Waals surface area contributed by atoms with Gasteiger partial charge in [0.05, 0.1) is 32.5 Å². The van der Waals surface area contributed by atoms with Crippen LogP contribution in [0.5, 0.6) is 5.75 Å². The van der Waals surface area contributed by atoms with Crippen LogP contribution in [0.3, 0.4) is 0 Å². The van der Waals surface area contributed by atoms with Gasteiger partial charge in [-0.2, -0.15) is 0 Å². The van der Waals surface area contributed by atoms with E-state index in [1.807, 2.05) is 30.3 Å². The molecule has 25 heavy (non-hydrogen) atoms. The first-order chi connectivity index (χ1) is 12.2. The second-order valence-electron chi connectivity index (χ2n) is 6.31. The van der Waals surface area contributed by atoms with E-state index < -0.39 is 0 Å². The minimum atomic E-state index is -0.0221. The zero-order chi connectivity index (χ0) is 17.5. The highest BCUT2D eigenvalue weighted by Gasteiger charge is 2.24. The molecule has 4 heteroatoms. The number of hydrogen-bond donors (Lipinski definition) is 0. The molecule has 0 radical (unpaired) electrons. The fourth-order valence-corrected chi connectivity index (χ4v) is 2.96. The number of rotatable bonds is 7. The number of carbonyl (C=O) groups excluding carboxylic acids is 1. The highest BCUT2D eigenvalue weighted by atomic mass is 16.5. The van der Waals surface area contributed by atoms with E-state index in [9.17, 15) is 4.79 Å². The van der Waals surface area contributed by atoms with Crippen LogP contribution in [0.25, 0.3) is 0 Å². The molecule has 1 aliphatic rings. The van der Waals surface area contributed by atoms with E-state index in [-0.39, 0.29) is 18.0 Å². The van der Waals surface area contributed by atoms with E-state index in [0.29, 0.717) is 25.2 Å². The molecule has 0 unspecified atom stereocenters. The summed E-state index contributed by atoms with van der Waals surface area (Å²) >= 11 is 0. The highest BCUT2D eigenvalue weighted by molar-refractivity contribution is 5.96. The molecule has 132 valence electrons. The van der Waals surface area contributed by atoms with Crippen molar-refractivity contribution in [3.63, 3.8) is 0 Å². The zero-order valence-corrected chi connectivity index (χ0v) is 14.5. The van der Waals surface area contributed by atoms with Crippen LogP contribution < -0.4 is 4.74 Å². The Morgan fingerprint density at radius 3 is 2.48 bits per heavy atom. The normalized spacial score (nSPS) is 20.2. The number of ketones is 1. The third-order valence-corrected chi connectivity index (χ3v) is 4.48. The van der Waals surface area contributed by atoms with Crippen LogP contribution in [0.4, 0.5) is 0 Å². The maximum absolute atomic E-state index is 12.4. The monoisotopic (exact) mass is 340 g/mol. The van der Waals surface area contributed by atoms with Gasteiger partial charge in [0.15, 0.2) is 5.78 Å². The Bertz CT molecular complexity index is 658. The van der Waals surface area contributed by atoms with Gasteiger partial charge in [0.1, 0.15) is 5.75 Å².